The van der Waals surface area contributed by atoms with Gasteiger partial charge in [0.1, 0.15) is 23.3 Å². The normalized spacial score (nSPS) is 14.1. The zero-order valence-electron chi connectivity index (χ0n) is 19.5. The van der Waals surface area contributed by atoms with Crippen LogP contribution in [0.1, 0.15) is 52.8 Å². The molecule has 0 saturated carbocycles. The minimum atomic E-state index is -0.371. The van der Waals surface area contributed by atoms with E-state index in [1.165, 1.54) is 30.3 Å². The third-order valence-corrected chi connectivity index (χ3v) is 6.45. The number of benzene rings is 2. The van der Waals surface area contributed by atoms with Gasteiger partial charge in [-0.3, -0.25) is 4.79 Å². The lowest BCUT2D eigenvalue weighted by molar-refractivity contribution is 0.0746. The lowest BCUT2D eigenvalue weighted by Gasteiger charge is -2.36. The van der Waals surface area contributed by atoms with Crippen molar-refractivity contribution in [3.8, 4) is 0 Å². The second-order valence-corrected chi connectivity index (χ2v) is 9.19. The van der Waals surface area contributed by atoms with Gasteiger partial charge in [0, 0.05) is 65.9 Å². The maximum absolute atomic E-state index is 14.6. The van der Waals surface area contributed by atoms with Crippen molar-refractivity contribution in [1.29, 1.82) is 0 Å². The quantitative estimate of drug-likeness (QED) is 0.487. The van der Waals surface area contributed by atoms with E-state index in [1.807, 2.05) is 20.8 Å². The molecule has 1 aromatic heterocycles. The first kappa shape index (κ1) is 24.1. The minimum absolute atomic E-state index is 0.125. The zero-order chi connectivity index (χ0) is 24.4. The molecule has 1 amide bonds. The van der Waals surface area contributed by atoms with Gasteiger partial charge in [0.25, 0.3) is 5.91 Å². The number of piperazine rings is 1. The molecule has 34 heavy (non-hydrogen) atoms. The van der Waals surface area contributed by atoms with E-state index in [-0.39, 0.29) is 29.9 Å². The van der Waals surface area contributed by atoms with Gasteiger partial charge in [-0.05, 0) is 43.3 Å². The number of aromatic nitrogens is 2. The SMILES string of the molecule is Cc1nc(C(C)C)nc(N2CCN(C(=O)c3ccc(F)cc3)CC2)c1Cc1c(F)cccc1Cl. The van der Waals surface area contributed by atoms with Gasteiger partial charge in [-0.2, -0.15) is 0 Å². The van der Waals surface area contributed by atoms with E-state index in [4.69, 9.17) is 16.6 Å². The summed E-state index contributed by atoms with van der Waals surface area (Å²) < 4.78 is 27.8. The van der Waals surface area contributed by atoms with Crippen LogP contribution in [-0.2, 0) is 6.42 Å². The molecule has 2 aromatic carbocycles. The summed E-state index contributed by atoms with van der Waals surface area (Å²) in [5.41, 5.74) is 2.50. The molecule has 1 saturated heterocycles. The molecule has 178 valence electrons. The largest absolute Gasteiger partial charge is 0.353 e. The Balaban J connectivity index is 1.60. The summed E-state index contributed by atoms with van der Waals surface area (Å²) in [6, 6.07) is 10.3. The van der Waals surface area contributed by atoms with E-state index in [0.717, 1.165) is 22.9 Å². The minimum Gasteiger partial charge on any atom is -0.353 e. The zero-order valence-corrected chi connectivity index (χ0v) is 20.2. The van der Waals surface area contributed by atoms with Crippen molar-refractivity contribution in [2.24, 2.45) is 0 Å². The Morgan fingerprint density at radius 2 is 1.68 bits per heavy atom. The average molecular weight is 485 g/mol. The third-order valence-electron chi connectivity index (χ3n) is 6.10. The smallest absolute Gasteiger partial charge is 0.253 e. The number of aryl methyl sites for hydroxylation is 1. The van der Waals surface area contributed by atoms with Crippen LogP contribution < -0.4 is 4.90 Å². The van der Waals surface area contributed by atoms with Crippen LogP contribution in [0.3, 0.4) is 0 Å². The Hall–Kier alpha value is -3.06. The van der Waals surface area contributed by atoms with Crippen LogP contribution >= 0.6 is 11.6 Å². The molecular weight excluding hydrogens is 458 g/mol. The molecule has 8 heteroatoms. The first-order valence-corrected chi connectivity index (χ1v) is 11.7. The van der Waals surface area contributed by atoms with Gasteiger partial charge in [-0.1, -0.05) is 31.5 Å². The van der Waals surface area contributed by atoms with Crippen LogP contribution in [0.25, 0.3) is 0 Å². The molecule has 4 rings (SSSR count). The van der Waals surface area contributed by atoms with E-state index in [9.17, 15) is 13.6 Å². The van der Waals surface area contributed by atoms with Crippen molar-refractivity contribution >= 4 is 23.3 Å². The molecule has 3 aromatic rings. The van der Waals surface area contributed by atoms with Gasteiger partial charge in [-0.25, -0.2) is 18.7 Å². The molecule has 1 aliphatic heterocycles. The predicted octanol–water partition coefficient (Wildman–Crippen LogP) is 5.39. The van der Waals surface area contributed by atoms with Crippen LogP contribution in [0.2, 0.25) is 5.02 Å². The van der Waals surface area contributed by atoms with Crippen LogP contribution in [0.15, 0.2) is 42.5 Å². The average Bonchev–Trinajstić information content (AvgIpc) is 2.82. The summed E-state index contributed by atoms with van der Waals surface area (Å²) in [4.78, 5) is 26.2. The summed E-state index contributed by atoms with van der Waals surface area (Å²) >= 11 is 6.31. The fourth-order valence-corrected chi connectivity index (χ4v) is 4.33. The molecule has 1 aliphatic rings. The highest BCUT2D eigenvalue weighted by atomic mass is 35.5. The number of nitrogens with zero attached hydrogens (tertiary/aromatic N) is 4. The summed E-state index contributed by atoms with van der Waals surface area (Å²) in [5.74, 6) is 0.749. The Bertz CT molecular complexity index is 1170. The molecule has 0 N–H and O–H groups in total. The number of rotatable bonds is 5. The number of hydrogen-bond acceptors (Lipinski definition) is 4. The number of hydrogen-bond donors (Lipinski definition) is 0. The fourth-order valence-electron chi connectivity index (χ4n) is 4.10. The van der Waals surface area contributed by atoms with Gasteiger partial charge in [-0.15, -0.1) is 0 Å². The van der Waals surface area contributed by atoms with Crippen LogP contribution in [0.4, 0.5) is 14.6 Å². The summed E-state index contributed by atoms with van der Waals surface area (Å²) in [5, 5.41) is 0.369. The van der Waals surface area contributed by atoms with Crippen molar-refractivity contribution in [3.63, 3.8) is 0 Å². The second-order valence-electron chi connectivity index (χ2n) is 8.79. The number of anilines is 1. The molecule has 0 unspecified atom stereocenters. The summed E-state index contributed by atoms with van der Waals surface area (Å²) in [6.45, 7) is 8.11. The second kappa shape index (κ2) is 10.1. The Morgan fingerprint density at radius 1 is 1.00 bits per heavy atom. The first-order chi connectivity index (χ1) is 16.2. The predicted molar refractivity (Wildman–Crippen MR) is 130 cm³/mol. The number of carbonyl (C=O) groups excluding carboxylic acids is 1. The van der Waals surface area contributed by atoms with Crippen molar-refractivity contribution in [3.05, 3.63) is 87.3 Å². The van der Waals surface area contributed by atoms with Crippen molar-refractivity contribution in [2.45, 2.75) is 33.1 Å². The van der Waals surface area contributed by atoms with Crippen LogP contribution in [-0.4, -0.2) is 47.0 Å². The van der Waals surface area contributed by atoms with E-state index in [1.54, 1.807) is 17.0 Å². The fraction of sp³-hybridized carbons (Fsp3) is 0.346. The maximum Gasteiger partial charge on any atom is 0.253 e. The Kier molecular flexibility index (Phi) is 7.12. The molecule has 0 atom stereocenters. The molecule has 0 radical (unpaired) electrons. The van der Waals surface area contributed by atoms with Crippen molar-refractivity contribution in [1.82, 2.24) is 14.9 Å². The highest BCUT2D eigenvalue weighted by Gasteiger charge is 2.27. The standard InChI is InChI=1S/C26H27ClF2N4O/c1-16(2)24-30-17(3)20(15-21-22(27)5-4-6-23(21)29)25(31-24)32-11-13-33(14-12-32)26(34)18-7-9-19(28)10-8-18/h4-10,16H,11-15H2,1-3H3. The van der Waals surface area contributed by atoms with E-state index >= 15 is 0 Å². The van der Waals surface area contributed by atoms with Crippen molar-refractivity contribution < 1.29 is 13.6 Å². The highest BCUT2D eigenvalue weighted by Crippen LogP contribution is 2.30. The molecule has 0 spiro atoms. The molecule has 0 aliphatic carbocycles. The van der Waals surface area contributed by atoms with Gasteiger partial charge in [0.2, 0.25) is 0 Å². The Morgan fingerprint density at radius 3 is 2.29 bits per heavy atom. The topological polar surface area (TPSA) is 49.3 Å². The van der Waals surface area contributed by atoms with E-state index < -0.39 is 0 Å². The van der Waals surface area contributed by atoms with Gasteiger partial charge < -0.3 is 9.80 Å². The van der Waals surface area contributed by atoms with Crippen LogP contribution in [0.5, 0.6) is 0 Å². The van der Waals surface area contributed by atoms with Crippen LogP contribution in [0, 0.1) is 18.6 Å². The summed E-state index contributed by atoms with van der Waals surface area (Å²) in [6.07, 6.45) is 0.278. The van der Waals surface area contributed by atoms with E-state index in [0.29, 0.717) is 42.3 Å². The molecule has 1 fully saturated rings. The lowest BCUT2D eigenvalue weighted by atomic mass is 10.0. The van der Waals surface area contributed by atoms with Gasteiger partial charge >= 0.3 is 0 Å². The highest BCUT2D eigenvalue weighted by molar-refractivity contribution is 6.31. The number of amides is 1. The van der Waals surface area contributed by atoms with E-state index in [2.05, 4.69) is 9.88 Å². The first-order valence-electron chi connectivity index (χ1n) is 11.3. The maximum atomic E-state index is 14.6. The lowest BCUT2D eigenvalue weighted by Crippen LogP contribution is -2.49. The van der Waals surface area contributed by atoms with Crippen molar-refractivity contribution in [2.75, 3.05) is 31.1 Å². The van der Waals surface area contributed by atoms with Gasteiger partial charge in [0.15, 0.2) is 0 Å². The number of carbonyl (C=O) groups is 1. The third kappa shape index (κ3) is 5.04. The molecule has 0 bridgehead atoms. The summed E-state index contributed by atoms with van der Waals surface area (Å²) in [7, 11) is 0. The van der Waals surface area contributed by atoms with Gasteiger partial charge in [0.05, 0.1) is 0 Å². The number of halogens is 3. The molecule has 5 nitrogen and oxygen atoms in total. The monoisotopic (exact) mass is 484 g/mol. The Labute approximate surface area is 203 Å². The molecular formula is C26H27ClF2N4O. The molecule has 2 heterocycles.